The van der Waals surface area contributed by atoms with E-state index in [1.807, 2.05) is 12.1 Å². The van der Waals surface area contributed by atoms with Crippen LogP contribution in [0.5, 0.6) is 0 Å². The van der Waals surface area contributed by atoms with Crippen molar-refractivity contribution in [3.63, 3.8) is 0 Å². The van der Waals surface area contributed by atoms with Gasteiger partial charge in [0.15, 0.2) is 5.82 Å². The standard InChI is InChI=1S/C45H30N2/c1-5-16-31(17-6-1)41-30-42(32-18-7-2-8-19-32)47-44(46-41)38-27-15-26-37-39-28-33-20-13-14-21-34(33)29-40(39)45(43(37)38,35-22-9-3-10-23-35)36-24-11-4-12-25-36/h1-30H. The molecule has 220 valence electrons. The minimum atomic E-state index is -0.590. The van der Waals surface area contributed by atoms with Gasteiger partial charge in [-0.05, 0) is 62.4 Å². The van der Waals surface area contributed by atoms with Crippen molar-refractivity contribution in [2.45, 2.75) is 5.41 Å². The average Bonchev–Trinajstić information content (AvgIpc) is 3.45. The van der Waals surface area contributed by atoms with Gasteiger partial charge in [0.1, 0.15) is 0 Å². The van der Waals surface area contributed by atoms with Crippen molar-refractivity contribution in [1.29, 1.82) is 0 Å². The van der Waals surface area contributed by atoms with Crippen LogP contribution in [0.1, 0.15) is 22.3 Å². The van der Waals surface area contributed by atoms with Crippen molar-refractivity contribution in [2.24, 2.45) is 0 Å². The number of aromatic nitrogens is 2. The molecule has 47 heavy (non-hydrogen) atoms. The van der Waals surface area contributed by atoms with E-state index in [0.717, 1.165) is 33.9 Å². The van der Waals surface area contributed by atoms with Gasteiger partial charge in [-0.2, -0.15) is 0 Å². The lowest BCUT2D eigenvalue weighted by Gasteiger charge is -2.35. The summed E-state index contributed by atoms with van der Waals surface area (Å²) in [6, 6.07) is 65.0. The van der Waals surface area contributed by atoms with E-state index in [9.17, 15) is 0 Å². The third-order valence-electron chi connectivity index (χ3n) is 9.54. The molecule has 0 atom stereocenters. The van der Waals surface area contributed by atoms with E-state index in [-0.39, 0.29) is 0 Å². The summed E-state index contributed by atoms with van der Waals surface area (Å²) >= 11 is 0. The van der Waals surface area contributed by atoms with Gasteiger partial charge in [-0.15, -0.1) is 0 Å². The molecule has 8 aromatic rings. The molecule has 0 amide bonds. The first-order chi connectivity index (χ1) is 23.3. The summed E-state index contributed by atoms with van der Waals surface area (Å²) in [7, 11) is 0. The lowest BCUT2D eigenvalue weighted by atomic mass is 9.66. The molecular weight excluding hydrogens is 569 g/mol. The number of nitrogens with zero attached hydrogens (tertiary/aromatic N) is 2. The van der Waals surface area contributed by atoms with Crippen molar-refractivity contribution < 1.29 is 0 Å². The van der Waals surface area contributed by atoms with Crippen LogP contribution >= 0.6 is 0 Å². The lowest BCUT2D eigenvalue weighted by molar-refractivity contribution is 0.770. The van der Waals surface area contributed by atoms with E-state index in [1.54, 1.807) is 0 Å². The Kier molecular flexibility index (Phi) is 6.39. The highest BCUT2D eigenvalue weighted by Gasteiger charge is 2.48. The first kappa shape index (κ1) is 27.2. The average molecular weight is 599 g/mol. The van der Waals surface area contributed by atoms with Crippen LogP contribution in [0.2, 0.25) is 0 Å². The van der Waals surface area contributed by atoms with E-state index in [2.05, 4.69) is 170 Å². The summed E-state index contributed by atoms with van der Waals surface area (Å²) in [5, 5.41) is 2.46. The molecule has 1 aliphatic rings. The molecule has 0 saturated carbocycles. The molecule has 0 radical (unpaired) electrons. The normalized spacial score (nSPS) is 12.9. The Labute approximate surface area is 274 Å². The summed E-state index contributed by atoms with van der Waals surface area (Å²) in [5.41, 5.74) is 11.8. The Morgan fingerprint density at radius 3 is 1.38 bits per heavy atom. The molecule has 0 spiro atoms. The minimum absolute atomic E-state index is 0.590. The molecule has 1 aromatic heterocycles. The third-order valence-corrected chi connectivity index (χ3v) is 9.54. The van der Waals surface area contributed by atoms with Crippen molar-refractivity contribution in [2.75, 3.05) is 0 Å². The van der Waals surface area contributed by atoms with Crippen LogP contribution < -0.4 is 0 Å². The highest BCUT2D eigenvalue weighted by molar-refractivity contribution is 5.98. The van der Waals surface area contributed by atoms with Crippen molar-refractivity contribution in [1.82, 2.24) is 9.97 Å². The topological polar surface area (TPSA) is 25.8 Å². The fraction of sp³-hybridized carbons (Fsp3) is 0.0222. The van der Waals surface area contributed by atoms with Crippen LogP contribution in [0.15, 0.2) is 182 Å². The molecule has 7 aromatic carbocycles. The Balaban J connectivity index is 1.42. The van der Waals surface area contributed by atoms with Gasteiger partial charge in [0.2, 0.25) is 0 Å². The molecule has 9 rings (SSSR count). The Hall–Kier alpha value is -6.12. The SMILES string of the molecule is c1ccc(-c2cc(-c3ccccc3)nc(-c3cccc4c3C(c3ccccc3)(c3ccccc3)c3cc5ccccc5cc3-4)n2)cc1. The smallest absolute Gasteiger partial charge is 0.160 e. The minimum Gasteiger partial charge on any atom is -0.228 e. The molecule has 0 aliphatic heterocycles. The lowest BCUT2D eigenvalue weighted by Crippen LogP contribution is -2.29. The molecule has 0 bridgehead atoms. The van der Waals surface area contributed by atoms with Crippen LogP contribution in [-0.4, -0.2) is 9.97 Å². The van der Waals surface area contributed by atoms with Crippen LogP contribution in [0.3, 0.4) is 0 Å². The highest BCUT2D eigenvalue weighted by Crippen LogP contribution is 2.59. The summed E-state index contributed by atoms with van der Waals surface area (Å²) in [6.07, 6.45) is 0. The maximum absolute atomic E-state index is 5.34. The van der Waals surface area contributed by atoms with Gasteiger partial charge in [0, 0.05) is 16.7 Å². The van der Waals surface area contributed by atoms with E-state index in [1.165, 1.54) is 44.2 Å². The molecule has 1 heterocycles. The van der Waals surface area contributed by atoms with E-state index < -0.39 is 5.41 Å². The quantitative estimate of drug-likeness (QED) is 0.197. The van der Waals surface area contributed by atoms with Gasteiger partial charge < -0.3 is 0 Å². The number of hydrogen-bond donors (Lipinski definition) is 0. The fourth-order valence-corrected chi connectivity index (χ4v) is 7.50. The number of fused-ring (bicyclic) bond motifs is 4. The monoisotopic (exact) mass is 598 g/mol. The molecule has 0 saturated heterocycles. The van der Waals surface area contributed by atoms with E-state index in [4.69, 9.17) is 9.97 Å². The van der Waals surface area contributed by atoms with Crippen molar-refractivity contribution in [3.8, 4) is 45.0 Å². The summed E-state index contributed by atoms with van der Waals surface area (Å²) in [5.74, 6) is 0.718. The van der Waals surface area contributed by atoms with E-state index >= 15 is 0 Å². The Morgan fingerprint density at radius 1 is 0.362 bits per heavy atom. The van der Waals surface area contributed by atoms with Crippen LogP contribution in [0, 0.1) is 0 Å². The summed E-state index contributed by atoms with van der Waals surface area (Å²) < 4.78 is 0. The van der Waals surface area contributed by atoms with Crippen LogP contribution in [0.4, 0.5) is 0 Å². The summed E-state index contributed by atoms with van der Waals surface area (Å²) in [4.78, 5) is 10.7. The largest absolute Gasteiger partial charge is 0.228 e. The second-order valence-electron chi connectivity index (χ2n) is 12.1. The number of rotatable bonds is 5. The van der Waals surface area contributed by atoms with Gasteiger partial charge >= 0.3 is 0 Å². The predicted octanol–water partition coefficient (Wildman–Crippen LogP) is 11.0. The molecule has 0 unspecified atom stereocenters. The molecule has 1 aliphatic carbocycles. The van der Waals surface area contributed by atoms with Gasteiger partial charge in [0.25, 0.3) is 0 Å². The van der Waals surface area contributed by atoms with Crippen LogP contribution in [-0.2, 0) is 5.41 Å². The van der Waals surface area contributed by atoms with Crippen molar-refractivity contribution in [3.05, 3.63) is 204 Å². The second kappa shape index (κ2) is 11.0. The predicted molar refractivity (Wildman–Crippen MR) is 193 cm³/mol. The van der Waals surface area contributed by atoms with Gasteiger partial charge in [0.05, 0.1) is 16.8 Å². The second-order valence-corrected chi connectivity index (χ2v) is 12.1. The third kappa shape index (κ3) is 4.34. The molecule has 2 heteroatoms. The first-order valence-corrected chi connectivity index (χ1v) is 16.1. The molecular formula is C45H30N2. The Morgan fingerprint density at radius 2 is 0.830 bits per heavy atom. The first-order valence-electron chi connectivity index (χ1n) is 16.1. The molecule has 0 fully saturated rings. The maximum Gasteiger partial charge on any atom is 0.160 e. The van der Waals surface area contributed by atoms with Crippen LogP contribution in [0.25, 0.3) is 55.8 Å². The van der Waals surface area contributed by atoms with Gasteiger partial charge in [-0.3, -0.25) is 0 Å². The number of hydrogen-bond acceptors (Lipinski definition) is 2. The Bertz CT molecular complexity index is 2280. The highest BCUT2D eigenvalue weighted by atomic mass is 14.9. The maximum atomic E-state index is 5.34. The zero-order chi connectivity index (χ0) is 31.2. The molecule has 0 N–H and O–H groups in total. The number of benzene rings is 7. The zero-order valence-corrected chi connectivity index (χ0v) is 25.7. The van der Waals surface area contributed by atoms with Gasteiger partial charge in [-0.1, -0.05) is 164 Å². The summed E-state index contributed by atoms with van der Waals surface area (Å²) in [6.45, 7) is 0. The molecule has 2 nitrogen and oxygen atoms in total. The van der Waals surface area contributed by atoms with E-state index in [0.29, 0.717) is 0 Å². The van der Waals surface area contributed by atoms with Gasteiger partial charge in [-0.25, -0.2) is 9.97 Å². The fourth-order valence-electron chi connectivity index (χ4n) is 7.50. The zero-order valence-electron chi connectivity index (χ0n) is 25.7. The van der Waals surface area contributed by atoms with Crippen molar-refractivity contribution >= 4 is 10.8 Å².